The van der Waals surface area contributed by atoms with Crippen LogP contribution in [0.5, 0.6) is 5.88 Å². The quantitative estimate of drug-likeness (QED) is 0.762. The fourth-order valence-corrected chi connectivity index (χ4v) is 2.26. The lowest BCUT2D eigenvalue weighted by Crippen LogP contribution is -2.00. The highest BCUT2D eigenvalue weighted by Crippen LogP contribution is 2.32. The van der Waals surface area contributed by atoms with E-state index in [9.17, 15) is 0 Å². The van der Waals surface area contributed by atoms with Gasteiger partial charge < -0.3 is 4.74 Å². The normalized spacial score (nSPS) is 11.1. The number of fused-ring (bicyclic) bond motifs is 1. The summed E-state index contributed by atoms with van der Waals surface area (Å²) in [6.07, 6.45) is 0. The van der Waals surface area contributed by atoms with Crippen molar-refractivity contribution in [2.75, 3.05) is 7.11 Å². The molecule has 2 heteroatoms. The molecule has 0 atom stereocenters. The summed E-state index contributed by atoms with van der Waals surface area (Å²) in [4.78, 5) is 4.52. The van der Waals surface area contributed by atoms with Gasteiger partial charge in [-0.3, -0.25) is 0 Å². The van der Waals surface area contributed by atoms with E-state index in [1.165, 1.54) is 10.9 Å². The van der Waals surface area contributed by atoms with E-state index in [4.69, 9.17) is 4.74 Å². The van der Waals surface area contributed by atoms with Gasteiger partial charge in [0, 0.05) is 11.1 Å². The SMILES string of the molecule is COc1nc(C)c(C(C)C)c2ccccc12. The fourth-order valence-electron chi connectivity index (χ4n) is 2.26. The van der Waals surface area contributed by atoms with Crippen LogP contribution in [0.2, 0.25) is 0 Å². The Hall–Kier alpha value is -1.57. The second-order valence-electron chi connectivity index (χ2n) is 4.32. The van der Waals surface area contributed by atoms with E-state index in [0.717, 1.165) is 17.0 Å². The predicted molar refractivity (Wildman–Crippen MR) is 67.1 cm³/mol. The maximum absolute atomic E-state index is 5.33. The Morgan fingerprint density at radius 1 is 1.12 bits per heavy atom. The number of methoxy groups -OCH3 is 1. The number of rotatable bonds is 2. The van der Waals surface area contributed by atoms with E-state index in [-0.39, 0.29) is 0 Å². The highest BCUT2D eigenvalue weighted by Gasteiger charge is 2.13. The second kappa shape index (κ2) is 4.12. The first kappa shape index (κ1) is 10.9. The molecule has 0 aliphatic carbocycles. The van der Waals surface area contributed by atoms with E-state index >= 15 is 0 Å². The van der Waals surface area contributed by atoms with Gasteiger partial charge in [0.15, 0.2) is 0 Å². The molecule has 1 heterocycles. The van der Waals surface area contributed by atoms with E-state index < -0.39 is 0 Å². The molecule has 0 fully saturated rings. The molecule has 84 valence electrons. The lowest BCUT2D eigenvalue weighted by Gasteiger charge is -2.15. The molecule has 0 amide bonds. The molecule has 0 unspecified atom stereocenters. The first-order chi connectivity index (χ1) is 7.65. The molecule has 0 N–H and O–H groups in total. The van der Waals surface area contributed by atoms with Crippen LogP contribution in [0, 0.1) is 6.92 Å². The van der Waals surface area contributed by atoms with E-state index in [1.54, 1.807) is 7.11 Å². The van der Waals surface area contributed by atoms with Crippen LogP contribution in [0.4, 0.5) is 0 Å². The van der Waals surface area contributed by atoms with Crippen molar-refractivity contribution >= 4 is 10.8 Å². The van der Waals surface area contributed by atoms with Gasteiger partial charge in [0.1, 0.15) is 0 Å². The van der Waals surface area contributed by atoms with Crippen LogP contribution in [0.3, 0.4) is 0 Å². The molecule has 16 heavy (non-hydrogen) atoms. The lowest BCUT2D eigenvalue weighted by atomic mass is 9.95. The third-order valence-electron chi connectivity index (χ3n) is 2.88. The zero-order valence-corrected chi connectivity index (χ0v) is 10.2. The predicted octanol–water partition coefficient (Wildman–Crippen LogP) is 3.68. The monoisotopic (exact) mass is 215 g/mol. The number of pyridine rings is 1. The number of aromatic nitrogens is 1. The first-order valence-electron chi connectivity index (χ1n) is 5.58. The number of nitrogens with zero attached hydrogens (tertiary/aromatic N) is 1. The average Bonchev–Trinajstić information content (AvgIpc) is 2.27. The Bertz CT molecular complexity index is 517. The zero-order chi connectivity index (χ0) is 11.7. The number of aryl methyl sites for hydroxylation is 1. The Morgan fingerprint density at radius 2 is 1.75 bits per heavy atom. The van der Waals surface area contributed by atoms with Crippen LogP contribution in [-0.2, 0) is 0 Å². The third kappa shape index (κ3) is 1.64. The molecule has 0 radical (unpaired) electrons. The summed E-state index contributed by atoms with van der Waals surface area (Å²) >= 11 is 0. The van der Waals surface area contributed by atoms with Crippen LogP contribution in [0.15, 0.2) is 24.3 Å². The van der Waals surface area contributed by atoms with Gasteiger partial charge in [-0.2, -0.15) is 0 Å². The Labute approximate surface area is 96.3 Å². The Balaban J connectivity index is 2.86. The summed E-state index contributed by atoms with van der Waals surface area (Å²) in [6, 6.07) is 8.29. The van der Waals surface area contributed by atoms with Crippen LogP contribution in [0.1, 0.15) is 31.0 Å². The van der Waals surface area contributed by atoms with Gasteiger partial charge in [0.05, 0.1) is 7.11 Å². The first-order valence-corrected chi connectivity index (χ1v) is 5.58. The van der Waals surface area contributed by atoms with E-state index in [1.807, 2.05) is 13.0 Å². The second-order valence-corrected chi connectivity index (χ2v) is 4.32. The number of hydrogen-bond donors (Lipinski definition) is 0. The van der Waals surface area contributed by atoms with Crippen LogP contribution >= 0.6 is 0 Å². The van der Waals surface area contributed by atoms with E-state index in [2.05, 4.69) is 37.0 Å². The van der Waals surface area contributed by atoms with Crippen molar-refractivity contribution in [2.24, 2.45) is 0 Å². The summed E-state index contributed by atoms with van der Waals surface area (Å²) < 4.78 is 5.33. The topological polar surface area (TPSA) is 22.1 Å². The standard InChI is InChI=1S/C14H17NO/c1-9(2)13-10(3)15-14(16-4)12-8-6-5-7-11(12)13/h5-9H,1-4H3. The number of hydrogen-bond acceptors (Lipinski definition) is 2. The lowest BCUT2D eigenvalue weighted by molar-refractivity contribution is 0.402. The zero-order valence-electron chi connectivity index (χ0n) is 10.2. The molecule has 0 saturated heterocycles. The summed E-state index contributed by atoms with van der Waals surface area (Å²) in [5, 5.41) is 2.35. The maximum Gasteiger partial charge on any atom is 0.221 e. The van der Waals surface area contributed by atoms with Crippen molar-refractivity contribution in [2.45, 2.75) is 26.7 Å². The Kier molecular flexibility index (Phi) is 2.82. The molecule has 0 aliphatic heterocycles. The molecule has 0 aliphatic rings. The molecule has 2 nitrogen and oxygen atoms in total. The summed E-state index contributed by atoms with van der Waals surface area (Å²) in [6.45, 7) is 6.44. The number of ether oxygens (including phenoxy) is 1. The minimum Gasteiger partial charge on any atom is -0.481 e. The minimum atomic E-state index is 0.475. The molecule has 2 aromatic rings. The van der Waals surface area contributed by atoms with Crippen molar-refractivity contribution in [3.63, 3.8) is 0 Å². The van der Waals surface area contributed by atoms with Crippen molar-refractivity contribution in [1.82, 2.24) is 4.98 Å². The number of benzene rings is 1. The van der Waals surface area contributed by atoms with Gasteiger partial charge in [-0.1, -0.05) is 32.0 Å². The smallest absolute Gasteiger partial charge is 0.221 e. The van der Waals surface area contributed by atoms with Crippen molar-refractivity contribution < 1.29 is 4.74 Å². The largest absolute Gasteiger partial charge is 0.481 e. The maximum atomic E-state index is 5.33. The van der Waals surface area contributed by atoms with Gasteiger partial charge in [-0.25, -0.2) is 4.98 Å². The van der Waals surface area contributed by atoms with Crippen LogP contribution in [-0.4, -0.2) is 12.1 Å². The molecule has 0 bridgehead atoms. The highest BCUT2D eigenvalue weighted by molar-refractivity contribution is 5.90. The molecule has 1 aromatic heterocycles. The fraction of sp³-hybridized carbons (Fsp3) is 0.357. The summed E-state index contributed by atoms with van der Waals surface area (Å²) in [5.74, 6) is 1.20. The van der Waals surface area contributed by atoms with Crippen molar-refractivity contribution in [3.8, 4) is 5.88 Å². The minimum absolute atomic E-state index is 0.475. The van der Waals surface area contributed by atoms with Gasteiger partial charge in [0.25, 0.3) is 0 Å². The van der Waals surface area contributed by atoms with Crippen molar-refractivity contribution in [3.05, 3.63) is 35.5 Å². The molecular formula is C14H17NO. The molecule has 1 aromatic carbocycles. The summed E-state index contributed by atoms with van der Waals surface area (Å²) in [5.41, 5.74) is 2.38. The van der Waals surface area contributed by atoms with Crippen LogP contribution < -0.4 is 4.74 Å². The van der Waals surface area contributed by atoms with E-state index in [0.29, 0.717) is 5.92 Å². The molecule has 0 saturated carbocycles. The molecule has 0 spiro atoms. The molecule has 2 rings (SSSR count). The third-order valence-corrected chi connectivity index (χ3v) is 2.88. The Morgan fingerprint density at radius 3 is 2.31 bits per heavy atom. The van der Waals surface area contributed by atoms with Crippen LogP contribution in [0.25, 0.3) is 10.8 Å². The van der Waals surface area contributed by atoms with Gasteiger partial charge in [-0.05, 0) is 29.9 Å². The highest BCUT2D eigenvalue weighted by atomic mass is 16.5. The van der Waals surface area contributed by atoms with Gasteiger partial charge in [-0.15, -0.1) is 0 Å². The average molecular weight is 215 g/mol. The summed E-state index contributed by atoms with van der Waals surface area (Å²) in [7, 11) is 1.67. The molecular weight excluding hydrogens is 198 g/mol. The van der Waals surface area contributed by atoms with Crippen molar-refractivity contribution in [1.29, 1.82) is 0 Å². The van der Waals surface area contributed by atoms with Gasteiger partial charge in [0.2, 0.25) is 5.88 Å². The van der Waals surface area contributed by atoms with Gasteiger partial charge >= 0.3 is 0 Å².